The number of aliphatic hydroxyl groups excluding tert-OH is 1. The second-order valence-corrected chi connectivity index (χ2v) is 38.6. The molecule has 0 amide bonds. The van der Waals surface area contributed by atoms with Crippen LogP contribution in [0.15, 0.2) is 123 Å². The first kappa shape index (κ1) is 71.1. The van der Waals surface area contributed by atoms with E-state index < -0.39 is 48.3 Å². The van der Waals surface area contributed by atoms with E-state index in [0.717, 1.165) is 98.4 Å². The van der Waals surface area contributed by atoms with Gasteiger partial charge in [-0.25, -0.2) is 0 Å². The van der Waals surface area contributed by atoms with E-state index in [4.69, 9.17) is 35.5 Å². The largest absolute Gasteiger partial charge is 0.530 e. The topological polar surface area (TPSA) is 122 Å². The molecule has 1 aromatic heterocycles. The monoisotopic (exact) mass is 1380 g/mol. The summed E-state index contributed by atoms with van der Waals surface area (Å²) >= 11 is 0. The zero-order chi connectivity index (χ0) is 71.3. The van der Waals surface area contributed by atoms with Crippen molar-refractivity contribution in [1.82, 2.24) is 0 Å². The minimum Gasteiger partial charge on any atom is -0.417 e. The Kier molecular flexibility index (Phi) is 18.0. The van der Waals surface area contributed by atoms with Crippen molar-refractivity contribution in [3.63, 3.8) is 0 Å². The number of fused-ring (bicyclic) bond motifs is 7. The number of benzene rings is 7. The van der Waals surface area contributed by atoms with Crippen molar-refractivity contribution in [3.05, 3.63) is 186 Å². The molecule has 3 aliphatic carbocycles. The molecular formula is C85H103O10P3. The predicted molar refractivity (Wildman–Crippen MR) is 409 cm³/mol. The summed E-state index contributed by atoms with van der Waals surface area (Å²) in [4.78, 5) is 13.3. The van der Waals surface area contributed by atoms with Gasteiger partial charge in [0.05, 0.1) is 22.5 Å². The Labute approximate surface area is 585 Å². The summed E-state index contributed by atoms with van der Waals surface area (Å²) in [7, 11) is -7.20. The maximum atomic E-state index is 13.3. The SMILES string of the molecule is Cc1cccc2cc3c(c(OP(O)Oc4c(-c5cc(C(C)(C)C)cc(C(C)(C)C)c5OP5OC6=c7c(cccc7=CC7=CC=CC(O)C76)O5)cc(C(C)(C)C)cc4C(C)(C)C)c12)=C(Op1oc2c(C(C)(C)C)cc(C(C)(C)C)cc2c2cc(C(C)(C)C)cc(C(C)(C)C)c2o1)CCC=3. The van der Waals surface area contributed by atoms with Crippen LogP contribution in [0.5, 0.6) is 23.0 Å². The Morgan fingerprint density at radius 3 is 1.55 bits per heavy atom. The molecule has 98 heavy (non-hydrogen) atoms. The molecule has 4 aliphatic rings. The lowest BCUT2D eigenvalue weighted by Gasteiger charge is -2.35. The summed E-state index contributed by atoms with van der Waals surface area (Å²) in [5.74, 6) is 2.90. The Morgan fingerprint density at radius 2 is 1.01 bits per heavy atom. The van der Waals surface area contributed by atoms with E-state index in [1.807, 2.05) is 30.4 Å². The Balaban J connectivity index is 1.07. The lowest BCUT2D eigenvalue weighted by Crippen LogP contribution is -2.41. The van der Waals surface area contributed by atoms with Crippen LogP contribution >= 0.6 is 25.4 Å². The number of hydrogen-bond donors (Lipinski definition) is 2. The van der Waals surface area contributed by atoms with Gasteiger partial charge in [-0.15, -0.1) is 0 Å². The smallest absolute Gasteiger partial charge is 0.417 e. The molecule has 0 saturated carbocycles. The molecule has 7 aromatic carbocycles. The van der Waals surface area contributed by atoms with E-state index >= 15 is 0 Å². The van der Waals surface area contributed by atoms with Crippen LogP contribution in [0.3, 0.4) is 0 Å². The van der Waals surface area contributed by atoms with Gasteiger partial charge in [0.15, 0.2) is 0 Å². The van der Waals surface area contributed by atoms with Gasteiger partial charge < -0.3 is 45.5 Å². The number of allylic oxidation sites excluding steroid dienone is 2. The standard InChI is InChI=1S/C85H103O10P3/c1-48-30-26-31-49-38-51-33-28-36-66(88-97-92-74-59(42-55(80(8,9)10)46-63(74)84(20,21)22)60-43-56(81(11,12)13)47-64(75(60)93-97)85(23,24)25)70(51)76(68(48)49)91-96(87)90-72-57(40-53(78(2,3)4)44-61(72)82(14,15)16)58-41-54(79(5,6)7)45-62(83(17,18)19)73(58)94-98-89-67-37-29-34-52-39-50-32-27-35-65(86)69(50)77(95-98)71(52)67/h26-27,29-35,37-47,65,69,86-87H,28,36H2,1-25H3. The summed E-state index contributed by atoms with van der Waals surface area (Å²) in [5.41, 5.74) is 10.7. The zero-order valence-electron chi connectivity index (χ0n) is 62.6. The van der Waals surface area contributed by atoms with Crippen molar-refractivity contribution in [2.24, 2.45) is 5.92 Å². The average Bonchev–Trinajstić information content (AvgIpc) is 1.19. The Bertz CT molecular complexity index is 4860. The van der Waals surface area contributed by atoms with Crippen LogP contribution < -0.4 is 43.5 Å². The molecule has 2 heterocycles. The number of aryl methyl sites for hydroxylation is 1. The average molecular weight is 1380 g/mol. The molecular weight excluding hydrogens is 1270 g/mol. The van der Waals surface area contributed by atoms with Gasteiger partial charge in [0.1, 0.15) is 45.7 Å². The molecule has 518 valence electrons. The minimum atomic E-state index is -2.81. The van der Waals surface area contributed by atoms with E-state index in [0.29, 0.717) is 58.1 Å². The summed E-state index contributed by atoms with van der Waals surface area (Å²) in [5, 5.41) is 18.8. The van der Waals surface area contributed by atoms with E-state index in [2.05, 4.69) is 258 Å². The van der Waals surface area contributed by atoms with Crippen LogP contribution in [0.2, 0.25) is 0 Å². The second-order valence-electron chi connectivity index (χ2n) is 35.8. The van der Waals surface area contributed by atoms with Crippen molar-refractivity contribution in [1.29, 1.82) is 0 Å². The molecule has 4 atom stereocenters. The molecule has 0 fully saturated rings. The molecule has 13 heteroatoms. The van der Waals surface area contributed by atoms with Crippen molar-refractivity contribution in [3.8, 4) is 34.1 Å². The van der Waals surface area contributed by atoms with Gasteiger partial charge in [0, 0.05) is 56.0 Å². The molecule has 0 bridgehead atoms. The molecule has 0 saturated heterocycles. The van der Waals surface area contributed by atoms with Crippen LogP contribution in [0, 0.1) is 12.8 Å². The summed E-state index contributed by atoms with van der Waals surface area (Å²) in [6.07, 6.45) is 10.4. The van der Waals surface area contributed by atoms with Gasteiger partial charge >= 0.3 is 25.4 Å². The predicted octanol–water partition coefficient (Wildman–Crippen LogP) is 21.4. The van der Waals surface area contributed by atoms with E-state index in [1.54, 1.807) is 6.08 Å². The molecule has 4 unspecified atom stereocenters. The van der Waals surface area contributed by atoms with Crippen molar-refractivity contribution < 1.29 is 45.5 Å². The van der Waals surface area contributed by atoms with Gasteiger partial charge in [0.25, 0.3) is 0 Å². The third kappa shape index (κ3) is 13.7. The molecule has 12 rings (SSSR count). The normalized spacial score (nSPS) is 17.8. The second kappa shape index (κ2) is 24.8. The minimum absolute atomic E-state index is 0.172. The number of hydrogen-bond acceptors (Lipinski definition) is 10. The Hall–Kier alpha value is -6.76. The molecule has 8 aromatic rings. The number of aliphatic hydroxyl groups is 1. The summed E-state index contributed by atoms with van der Waals surface area (Å²) < 4.78 is 58.3. The van der Waals surface area contributed by atoms with Gasteiger partial charge in [-0.3, -0.25) is 0 Å². The maximum absolute atomic E-state index is 13.3. The van der Waals surface area contributed by atoms with Crippen LogP contribution in [-0.2, 0) is 47.8 Å². The van der Waals surface area contributed by atoms with Gasteiger partial charge in [-0.1, -0.05) is 251 Å². The van der Waals surface area contributed by atoms with E-state index in [9.17, 15) is 10.00 Å². The first-order chi connectivity index (χ1) is 45.3. The van der Waals surface area contributed by atoms with E-state index in [-0.39, 0.29) is 32.5 Å². The highest BCUT2D eigenvalue weighted by Gasteiger charge is 2.42. The molecule has 1 aliphatic heterocycles. The van der Waals surface area contributed by atoms with Crippen LogP contribution in [0.25, 0.3) is 67.5 Å². The van der Waals surface area contributed by atoms with Crippen molar-refractivity contribution in [2.45, 2.75) is 235 Å². The first-order valence-electron chi connectivity index (χ1n) is 34.8. The first-order valence-corrected chi connectivity index (χ1v) is 38.1. The van der Waals surface area contributed by atoms with Crippen LogP contribution in [0.1, 0.15) is 229 Å². The third-order valence-corrected chi connectivity index (χ3v) is 22.3. The van der Waals surface area contributed by atoms with Gasteiger partial charge in [-0.05, 0) is 142 Å². The fraction of sp³-hybridized carbons (Fsp3) is 0.435. The van der Waals surface area contributed by atoms with Crippen LogP contribution in [-0.4, -0.2) is 16.1 Å². The van der Waals surface area contributed by atoms with E-state index in [1.165, 1.54) is 11.1 Å². The van der Waals surface area contributed by atoms with Gasteiger partial charge in [-0.2, -0.15) is 0 Å². The highest BCUT2D eigenvalue weighted by atomic mass is 31.2. The third-order valence-electron chi connectivity index (χ3n) is 19.6. The van der Waals surface area contributed by atoms with Crippen molar-refractivity contribution in [2.75, 3.05) is 0 Å². The maximum Gasteiger partial charge on any atom is 0.530 e. The molecule has 0 radical (unpaired) electrons. The lowest BCUT2D eigenvalue weighted by molar-refractivity contribution is 0.179. The highest BCUT2D eigenvalue weighted by Crippen LogP contribution is 2.58. The molecule has 10 nitrogen and oxygen atoms in total. The summed E-state index contributed by atoms with van der Waals surface area (Å²) in [6.45, 7) is 55.7. The fourth-order valence-electron chi connectivity index (χ4n) is 13.7. The lowest BCUT2D eigenvalue weighted by atomic mass is 9.75. The highest BCUT2D eigenvalue weighted by molar-refractivity contribution is 7.43. The molecule has 0 spiro atoms. The van der Waals surface area contributed by atoms with Crippen LogP contribution in [0.4, 0.5) is 0 Å². The zero-order valence-corrected chi connectivity index (χ0v) is 65.3. The van der Waals surface area contributed by atoms with Gasteiger partial charge in [0.2, 0.25) is 0 Å². The Morgan fingerprint density at radius 1 is 0.510 bits per heavy atom. The van der Waals surface area contributed by atoms with Crippen molar-refractivity contribution >= 4 is 81.8 Å². The fourth-order valence-corrected chi connectivity index (χ4v) is 16.8. The molecule has 2 N–H and O–H groups in total. The summed E-state index contributed by atoms with van der Waals surface area (Å²) in [6, 6.07) is 32.6. The quantitative estimate of drug-likeness (QED) is 0.135. The number of rotatable bonds is 9.